The first-order valence-electron chi connectivity index (χ1n) is 12.6. The van der Waals surface area contributed by atoms with Crippen molar-refractivity contribution in [2.75, 3.05) is 13.7 Å². The second-order valence-electron chi connectivity index (χ2n) is 9.37. The number of carbonyl (C=O) groups excluding carboxylic acids is 1. The first kappa shape index (κ1) is 28.1. The molecule has 8 heteroatoms. The first-order valence-corrected chi connectivity index (χ1v) is 12.6. The Morgan fingerprint density at radius 2 is 1.83 bits per heavy atom. The quantitative estimate of drug-likeness (QED) is 0.429. The fraction of sp³-hybridized carbons (Fsp3) is 0.536. The Balaban J connectivity index is 1.93. The fourth-order valence-electron chi connectivity index (χ4n) is 5.12. The minimum atomic E-state index is -1.33. The molecule has 36 heavy (non-hydrogen) atoms. The maximum atomic E-state index is 14.0. The van der Waals surface area contributed by atoms with Crippen LogP contribution in [-0.2, 0) is 20.7 Å². The number of hydrogen-bond acceptors (Lipinski definition) is 6. The molecule has 0 aliphatic carbocycles. The van der Waals surface area contributed by atoms with Crippen LogP contribution in [0.2, 0.25) is 0 Å². The van der Waals surface area contributed by atoms with Crippen LogP contribution in [0, 0.1) is 5.82 Å². The van der Waals surface area contributed by atoms with Crippen molar-refractivity contribution in [2.45, 2.75) is 83.1 Å². The highest BCUT2D eigenvalue weighted by Crippen LogP contribution is 2.40. The van der Waals surface area contributed by atoms with Gasteiger partial charge < -0.3 is 29.7 Å². The number of halogens is 1. The lowest BCUT2D eigenvalue weighted by Crippen LogP contribution is -2.66. The Bertz CT molecular complexity index is 1010. The summed E-state index contributed by atoms with van der Waals surface area (Å²) in [5.41, 5.74) is 1.50. The Labute approximate surface area is 212 Å². The first-order chi connectivity index (χ1) is 17.2. The van der Waals surface area contributed by atoms with Crippen molar-refractivity contribution in [2.24, 2.45) is 0 Å². The molecule has 1 heterocycles. The monoisotopic (exact) mass is 503 g/mol. The Kier molecular flexibility index (Phi) is 9.84. The molecule has 0 spiro atoms. The third-order valence-electron chi connectivity index (χ3n) is 6.65. The smallest absolute Gasteiger partial charge is 0.229 e. The molecule has 4 atom stereocenters. The standard InChI is InChI=1S/C28H38FNO6/c1-5-13-28(14-6-2)26(34-4)24(32)25(33)27(36-28)35-22-11-10-19(12-15-30-18(3)31)23(17-22)20-8-7-9-21(29)16-20/h7-11,16-17,24-27,32-33H,5-6,12-15H2,1-4H3,(H,30,31)/t24-,25+,26+,27+/m0/s1. The molecule has 0 unspecified atom stereocenters. The molecule has 1 amide bonds. The molecule has 198 valence electrons. The minimum absolute atomic E-state index is 0.124. The van der Waals surface area contributed by atoms with Gasteiger partial charge in [-0.25, -0.2) is 4.39 Å². The van der Waals surface area contributed by atoms with Gasteiger partial charge in [-0.1, -0.05) is 44.9 Å². The summed E-state index contributed by atoms with van der Waals surface area (Å²) in [6, 6.07) is 11.6. The van der Waals surface area contributed by atoms with Crippen LogP contribution in [0.5, 0.6) is 5.75 Å². The number of hydrogen-bond donors (Lipinski definition) is 3. The van der Waals surface area contributed by atoms with Crippen LogP contribution in [0.15, 0.2) is 42.5 Å². The molecule has 2 aromatic carbocycles. The van der Waals surface area contributed by atoms with E-state index >= 15 is 0 Å². The van der Waals surface area contributed by atoms with E-state index in [9.17, 15) is 19.4 Å². The molecule has 3 rings (SSSR count). The van der Waals surface area contributed by atoms with Crippen molar-refractivity contribution in [3.05, 3.63) is 53.8 Å². The SMILES string of the molecule is CCCC1(CCC)O[C@@H](Oc2ccc(CCNC(C)=O)c(-c3cccc(F)c3)c2)[C@H](O)[C@H](O)[C@H]1OC. The number of ether oxygens (including phenoxy) is 3. The molecule has 0 bridgehead atoms. The van der Waals surface area contributed by atoms with Crippen molar-refractivity contribution in [3.63, 3.8) is 0 Å². The van der Waals surface area contributed by atoms with Crippen LogP contribution in [0.25, 0.3) is 11.1 Å². The second kappa shape index (κ2) is 12.6. The highest BCUT2D eigenvalue weighted by Gasteiger charge is 2.54. The molecular formula is C28H38FNO6. The number of benzene rings is 2. The zero-order valence-corrected chi connectivity index (χ0v) is 21.5. The third-order valence-corrected chi connectivity index (χ3v) is 6.65. The zero-order valence-electron chi connectivity index (χ0n) is 21.5. The summed E-state index contributed by atoms with van der Waals surface area (Å²) in [7, 11) is 1.51. The van der Waals surface area contributed by atoms with Gasteiger partial charge in [0.05, 0.1) is 0 Å². The second-order valence-corrected chi connectivity index (χ2v) is 9.37. The van der Waals surface area contributed by atoms with Gasteiger partial charge in [-0.05, 0) is 60.2 Å². The van der Waals surface area contributed by atoms with E-state index in [1.165, 1.54) is 26.2 Å². The van der Waals surface area contributed by atoms with Crippen LogP contribution in [0.4, 0.5) is 4.39 Å². The minimum Gasteiger partial charge on any atom is -0.462 e. The summed E-state index contributed by atoms with van der Waals surface area (Å²) < 4.78 is 32.1. The average molecular weight is 504 g/mol. The van der Waals surface area contributed by atoms with Crippen molar-refractivity contribution in [3.8, 4) is 16.9 Å². The molecule has 1 saturated heterocycles. The van der Waals surface area contributed by atoms with Crippen molar-refractivity contribution < 1.29 is 33.6 Å². The van der Waals surface area contributed by atoms with Crippen molar-refractivity contribution in [1.82, 2.24) is 5.32 Å². The van der Waals surface area contributed by atoms with E-state index in [2.05, 4.69) is 5.32 Å². The summed E-state index contributed by atoms with van der Waals surface area (Å²) >= 11 is 0. The molecule has 2 aromatic rings. The summed E-state index contributed by atoms with van der Waals surface area (Å²) in [5, 5.41) is 24.5. The summed E-state index contributed by atoms with van der Waals surface area (Å²) in [5.74, 6) is -0.0804. The van der Waals surface area contributed by atoms with E-state index < -0.39 is 30.2 Å². The molecule has 7 nitrogen and oxygen atoms in total. The molecule has 0 saturated carbocycles. The average Bonchev–Trinajstić information content (AvgIpc) is 2.83. The van der Waals surface area contributed by atoms with Crippen LogP contribution in [0.3, 0.4) is 0 Å². The Hall–Kier alpha value is -2.52. The Morgan fingerprint density at radius 3 is 2.44 bits per heavy atom. The van der Waals surface area contributed by atoms with Crippen LogP contribution >= 0.6 is 0 Å². The Morgan fingerprint density at radius 1 is 1.11 bits per heavy atom. The predicted octanol–water partition coefficient (Wildman–Crippen LogP) is 3.98. The van der Waals surface area contributed by atoms with Gasteiger partial charge in [-0.3, -0.25) is 4.79 Å². The molecule has 1 aliphatic heterocycles. The molecule has 1 fully saturated rings. The van der Waals surface area contributed by atoms with Gasteiger partial charge in [0.1, 0.15) is 35.5 Å². The normalized spacial score (nSPS) is 23.3. The largest absolute Gasteiger partial charge is 0.462 e. The molecule has 1 aliphatic rings. The third kappa shape index (κ3) is 6.42. The van der Waals surface area contributed by atoms with E-state index in [-0.39, 0.29) is 11.7 Å². The summed E-state index contributed by atoms with van der Waals surface area (Å²) in [6.07, 6.45) is -0.885. The topological polar surface area (TPSA) is 97.3 Å². The molecule has 0 radical (unpaired) electrons. The highest BCUT2D eigenvalue weighted by molar-refractivity contribution is 5.73. The number of aliphatic hydroxyl groups excluding tert-OH is 2. The molecular weight excluding hydrogens is 465 g/mol. The summed E-state index contributed by atoms with van der Waals surface area (Å²) in [6.45, 7) is 5.96. The van der Waals surface area contributed by atoms with Gasteiger partial charge in [0.15, 0.2) is 0 Å². The van der Waals surface area contributed by atoms with Gasteiger partial charge in [0.2, 0.25) is 12.2 Å². The zero-order chi connectivity index (χ0) is 26.3. The van der Waals surface area contributed by atoms with Gasteiger partial charge in [0, 0.05) is 20.6 Å². The van der Waals surface area contributed by atoms with E-state index in [1.54, 1.807) is 24.3 Å². The predicted molar refractivity (Wildman–Crippen MR) is 135 cm³/mol. The van der Waals surface area contributed by atoms with Gasteiger partial charge in [-0.15, -0.1) is 0 Å². The summed E-state index contributed by atoms with van der Waals surface area (Å²) in [4.78, 5) is 11.3. The maximum Gasteiger partial charge on any atom is 0.229 e. The van der Waals surface area contributed by atoms with Gasteiger partial charge in [0.25, 0.3) is 0 Å². The number of nitrogens with one attached hydrogen (secondary N) is 1. The number of carbonyl (C=O) groups is 1. The van der Waals surface area contributed by atoms with E-state index in [4.69, 9.17) is 14.2 Å². The van der Waals surface area contributed by atoms with Crippen LogP contribution in [0.1, 0.15) is 52.0 Å². The van der Waals surface area contributed by atoms with Crippen LogP contribution < -0.4 is 10.1 Å². The van der Waals surface area contributed by atoms with Crippen molar-refractivity contribution in [1.29, 1.82) is 0 Å². The van der Waals surface area contributed by atoms with Crippen LogP contribution in [-0.4, -0.2) is 60.0 Å². The maximum absolute atomic E-state index is 14.0. The lowest BCUT2D eigenvalue weighted by molar-refractivity contribution is -0.319. The van der Waals surface area contributed by atoms with Crippen molar-refractivity contribution >= 4 is 5.91 Å². The molecule has 3 N–H and O–H groups in total. The lowest BCUT2D eigenvalue weighted by atomic mass is 9.80. The number of methoxy groups -OCH3 is 1. The van der Waals surface area contributed by atoms with E-state index in [0.717, 1.165) is 24.0 Å². The highest BCUT2D eigenvalue weighted by atomic mass is 19.1. The number of rotatable bonds is 11. The van der Waals surface area contributed by atoms with Gasteiger partial charge in [-0.2, -0.15) is 0 Å². The fourth-order valence-corrected chi connectivity index (χ4v) is 5.12. The number of aliphatic hydroxyl groups is 2. The number of amides is 1. The van der Waals surface area contributed by atoms with E-state index in [0.29, 0.717) is 37.1 Å². The van der Waals surface area contributed by atoms with E-state index in [1.807, 2.05) is 19.9 Å². The van der Waals surface area contributed by atoms with Gasteiger partial charge >= 0.3 is 0 Å². The molecule has 0 aromatic heterocycles. The lowest BCUT2D eigenvalue weighted by Gasteiger charge is -2.50.